The lowest BCUT2D eigenvalue weighted by atomic mass is 10.1. The van der Waals surface area contributed by atoms with Crippen LogP contribution in [0.3, 0.4) is 0 Å². The molecule has 2 rings (SSSR count). The largest absolute Gasteiger partial charge is 0.0839 e. The molecule has 0 bridgehead atoms. The molecule has 1 fully saturated rings. The number of alkyl halides is 1. The predicted molar refractivity (Wildman–Crippen MR) is 63.2 cm³/mol. The highest BCUT2D eigenvalue weighted by atomic mass is 79.9. The Morgan fingerprint density at radius 3 is 2.38 bits per heavy atom. The molecule has 0 amide bonds. The molecule has 0 aromatic heterocycles. The SMILES string of the molecule is Brc1ccc(C(Br)CC2CC2)cc1. The molecule has 1 aliphatic rings. The first-order chi connectivity index (χ1) is 6.25. The first-order valence-corrected chi connectivity index (χ1v) is 6.36. The average molecular weight is 304 g/mol. The zero-order chi connectivity index (χ0) is 9.26. The Labute approximate surface area is 96.0 Å². The number of benzene rings is 1. The van der Waals surface area contributed by atoms with Gasteiger partial charge in [0.25, 0.3) is 0 Å². The first kappa shape index (κ1) is 9.72. The van der Waals surface area contributed by atoms with Crippen LogP contribution < -0.4 is 0 Å². The Balaban J connectivity index is 2.01. The van der Waals surface area contributed by atoms with Crippen LogP contribution in [0.15, 0.2) is 28.7 Å². The molecule has 0 radical (unpaired) electrons. The van der Waals surface area contributed by atoms with Crippen LogP contribution in [0.5, 0.6) is 0 Å². The Morgan fingerprint density at radius 2 is 1.85 bits per heavy atom. The van der Waals surface area contributed by atoms with Crippen LogP contribution >= 0.6 is 31.9 Å². The van der Waals surface area contributed by atoms with Crippen LogP contribution in [-0.4, -0.2) is 0 Å². The molecule has 1 unspecified atom stereocenters. The average Bonchev–Trinajstić information content (AvgIpc) is 2.89. The van der Waals surface area contributed by atoms with Gasteiger partial charge in [-0.15, -0.1) is 0 Å². The van der Waals surface area contributed by atoms with Crippen LogP contribution in [-0.2, 0) is 0 Å². The van der Waals surface area contributed by atoms with Gasteiger partial charge in [-0.25, -0.2) is 0 Å². The molecule has 0 heterocycles. The highest BCUT2D eigenvalue weighted by Crippen LogP contribution is 2.41. The maximum Gasteiger partial charge on any atom is 0.0398 e. The standard InChI is InChI=1S/C11H12Br2/c12-10-5-3-9(4-6-10)11(13)7-8-1-2-8/h3-6,8,11H,1-2,7H2. The molecule has 0 nitrogen and oxygen atoms in total. The van der Waals surface area contributed by atoms with E-state index in [1.54, 1.807) is 0 Å². The summed E-state index contributed by atoms with van der Waals surface area (Å²) in [6.07, 6.45) is 4.15. The van der Waals surface area contributed by atoms with Gasteiger partial charge in [0, 0.05) is 9.30 Å². The third-order valence-electron chi connectivity index (χ3n) is 2.47. The molecule has 70 valence electrons. The van der Waals surface area contributed by atoms with E-state index in [9.17, 15) is 0 Å². The van der Waals surface area contributed by atoms with Gasteiger partial charge in [-0.2, -0.15) is 0 Å². The Bertz CT molecular complexity index is 275. The van der Waals surface area contributed by atoms with E-state index in [0.29, 0.717) is 4.83 Å². The van der Waals surface area contributed by atoms with Crippen LogP contribution in [0.4, 0.5) is 0 Å². The Morgan fingerprint density at radius 1 is 1.23 bits per heavy atom. The van der Waals surface area contributed by atoms with Crippen molar-refractivity contribution in [3.8, 4) is 0 Å². The first-order valence-electron chi connectivity index (χ1n) is 4.65. The minimum Gasteiger partial charge on any atom is -0.0839 e. The van der Waals surface area contributed by atoms with Gasteiger partial charge in [0.1, 0.15) is 0 Å². The number of halogens is 2. The van der Waals surface area contributed by atoms with Crippen molar-refractivity contribution < 1.29 is 0 Å². The van der Waals surface area contributed by atoms with Gasteiger partial charge in [-0.3, -0.25) is 0 Å². The van der Waals surface area contributed by atoms with Crippen LogP contribution in [0.1, 0.15) is 29.7 Å². The van der Waals surface area contributed by atoms with Crippen molar-refractivity contribution in [1.29, 1.82) is 0 Å². The summed E-state index contributed by atoms with van der Waals surface area (Å²) in [5, 5.41) is 0. The van der Waals surface area contributed by atoms with E-state index in [1.165, 1.54) is 24.8 Å². The predicted octanol–water partition coefficient (Wildman–Crippen LogP) is 4.69. The van der Waals surface area contributed by atoms with Gasteiger partial charge in [-0.1, -0.05) is 56.8 Å². The van der Waals surface area contributed by atoms with Crippen LogP contribution in [0.25, 0.3) is 0 Å². The maximum atomic E-state index is 3.74. The van der Waals surface area contributed by atoms with Crippen molar-refractivity contribution in [3.05, 3.63) is 34.3 Å². The lowest BCUT2D eigenvalue weighted by Crippen LogP contribution is -1.90. The fourth-order valence-corrected chi connectivity index (χ4v) is 2.55. The van der Waals surface area contributed by atoms with Crippen LogP contribution in [0.2, 0.25) is 0 Å². The number of hydrogen-bond acceptors (Lipinski definition) is 0. The summed E-state index contributed by atoms with van der Waals surface area (Å²) < 4.78 is 1.15. The summed E-state index contributed by atoms with van der Waals surface area (Å²) in [6, 6.07) is 8.59. The Kier molecular flexibility index (Phi) is 3.10. The highest BCUT2D eigenvalue weighted by molar-refractivity contribution is 9.10. The van der Waals surface area contributed by atoms with Gasteiger partial charge >= 0.3 is 0 Å². The summed E-state index contributed by atoms with van der Waals surface area (Å²) in [6.45, 7) is 0. The second-order valence-electron chi connectivity index (χ2n) is 3.70. The third-order valence-corrected chi connectivity index (χ3v) is 3.90. The van der Waals surface area contributed by atoms with Crippen molar-refractivity contribution in [3.63, 3.8) is 0 Å². The zero-order valence-corrected chi connectivity index (χ0v) is 10.5. The van der Waals surface area contributed by atoms with Crippen molar-refractivity contribution in [2.24, 2.45) is 5.92 Å². The zero-order valence-electron chi connectivity index (χ0n) is 7.34. The maximum absolute atomic E-state index is 3.74. The highest BCUT2D eigenvalue weighted by Gasteiger charge is 2.24. The number of hydrogen-bond donors (Lipinski definition) is 0. The minimum atomic E-state index is 0.549. The van der Waals surface area contributed by atoms with Gasteiger partial charge in [0.2, 0.25) is 0 Å². The van der Waals surface area contributed by atoms with Gasteiger partial charge in [0.05, 0.1) is 0 Å². The normalized spacial score (nSPS) is 18.6. The van der Waals surface area contributed by atoms with Gasteiger partial charge in [-0.05, 0) is 30.0 Å². The van der Waals surface area contributed by atoms with Crippen LogP contribution in [0, 0.1) is 5.92 Å². The fraction of sp³-hybridized carbons (Fsp3) is 0.455. The van der Waals surface area contributed by atoms with E-state index in [-0.39, 0.29) is 0 Å². The molecule has 2 heteroatoms. The van der Waals surface area contributed by atoms with E-state index in [4.69, 9.17) is 0 Å². The number of rotatable bonds is 3. The molecule has 0 aliphatic heterocycles. The summed E-state index contributed by atoms with van der Waals surface area (Å²) >= 11 is 7.18. The van der Waals surface area contributed by atoms with E-state index in [1.807, 2.05) is 0 Å². The monoisotopic (exact) mass is 302 g/mol. The molecule has 0 N–H and O–H groups in total. The second kappa shape index (κ2) is 4.14. The van der Waals surface area contributed by atoms with Crippen molar-refractivity contribution >= 4 is 31.9 Å². The second-order valence-corrected chi connectivity index (χ2v) is 5.72. The molecule has 0 saturated heterocycles. The smallest absolute Gasteiger partial charge is 0.0398 e. The van der Waals surface area contributed by atoms with E-state index >= 15 is 0 Å². The lowest BCUT2D eigenvalue weighted by molar-refractivity contribution is 0.721. The quantitative estimate of drug-likeness (QED) is 0.711. The fourth-order valence-electron chi connectivity index (χ4n) is 1.45. The summed E-state index contributed by atoms with van der Waals surface area (Å²) in [5.41, 5.74) is 1.40. The molecule has 1 aromatic rings. The lowest BCUT2D eigenvalue weighted by Gasteiger charge is -2.08. The topological polar surface area (TPSA) is 0 Å². The molecule has 1 aliphatic carbocycles. The Hall–Kier alpha value is 0.180. The molecule has 13 heavy (non-hydrogen) atoms. The molecular weight excluding hydrogens is 292 g/mol. The molecule has 0 spiro atoms. The van der Waals surface area contributed by atoms with Crippen molar-refractivity contribution in [2.75, 3.05) is 0 Å². The molecule has 1 saturated carbocycles. The summed E-state index contributed by atoms with van der Waals surface area (Å²) in [5.74, 6) is 0.980. The van der Waals surface area contributed by atoms with Gasteiger partial charge < -0.3 is 0 Å². The van der Waals surface area contributed by atoms with E-state index in [2.05, 4.69) is 56.1 Å². The molecule has 1 aromatic carbocycles. The van der Waals surface area contributed by atoms with E-state index in [0.717, 1.165) is 10.4 Å². The van der Waals surface area contributed by atoms with Crippen molar-refractivity contribution in [1.82, 2.24) is 0 Å². The van der Waals surface area contributed by atoms with E-state index < -0.39 is 0 Å². The summed E-state index contributed by atoms with van der Waals surface area (Å²) in [7, 11) is 0. The van der Waals surface area contributed by atoms with Crippen molar-refractivity contribution in [2.45, 2.75) is 24.1 Å². The summed E-state index contributed by atoms with van der Waals surface area (Å²) in [4.78, 5) is 0.549. The van der Waals surface area contributed by atoms with Gasteiger partial charge in [0.15, 0.2) is 0 Å². The third kappa shape index (κ3) is 2.81. The molecule has 1 atom stereocenters. The minimum absolute atomic E-state index is 0.549. The molecular formula is C11H12Br2.